The van der Waals surface area contributed by atoms with E-state index in [1.54, 1.807) is 0 Å². The molecule has 0 saturated carbocycles. The summed E-state index contributed by atoms with van der Waals surface area (Å²) < 4.78 is 0. The average Bonchev–Trinajstić information content (AvgIpc) is 2.02. The molecular weight excluding hydrogens is 156 g/mol. The molecule has 11 heavy (non-hydrogen) atoms. The Kier molecular flexibility index (Phi) is 15.2. The van der Waals surface area contributed by atoms with Gasteiger partial charge in [0.05, 0.1) is 0 Å². The van der Waals surface area contributed by atoms with Crippen molar-refractivity contribution in [3.8, 4) is 0 Å². The molecular formula is C8H20N2S. The van der Waals surface area contributed by atoms with E-state index in [9.17, 15) is 0 Å². The van der Waals surface area contributed by atoms with E-state index < -0.39 is 0 Å². The Bertz CT molecular complexity index is 84.2. The van der Waals surface area contributed by atoms with Crippen LogP contribution in [0.4, 0.5) is 0 Å². The van der Waals surface area contributed by atoms with Crippen molar-refractivity contribution in [1.82, 2.24) is 0 Å². The first kappa shape index (κ1) is 13.4. The number of rotatable bonds is 4. The van der Waals surface area contributed by atoms with Crippen LogP contribution in [0.1, 0.15) is 40.0 Å². The molecule has 3 heteroatoms. The van der Waals surface area contributed by atoms with Gasteiger partial charge in [-0.15, -0.1) is 0 Å². The second kappa shape index (κ2) is 12.5. The van der Waals surface area contributed by atoms with Gasteiger partial charge < -0.3 is 5.73 Å². The topological polar surface area (TPSA) is 49.9 Å². The fourth-order valence-electron chi connectivity index (χ4n) is 0.534. The van der Waals surface area contributed by atoms with Gasteiger partial charge in [0, 0.05) is 5.75 Å². The lowest BCUT2D eigenvalue weighted by Gasteiger charge is -1.95. The number of thioether (sulfide) groups is 1. The van der Waals surface area contributed by atoms with Crippen molar-refractivity contribution in [2.24, 2.45) is 5.73 Å². The smallest absolute Gasteiger partial charge is 0.151 e. The lowest BCUT2D eigenvalue weighted by molar-refractivity contribution is 0.779. The van der Waals surface area contributed by atoms with Gasteiger partial charge in [0.1, 0.15) is 0 Å². The molecule has 0 heterocycles. The van der Waals surface area contributed by atoms with Crippen molar-refractivity contribution in [2.45, 2.75) is 40.0 Å². The molecule has 2 nitrogen and oxygen atoms in total. The molecule has 0 aromatic rings. The fraction of sp³-hybridized carbons (Fsp3) is 0.875. The molecule has 0 aliphatic heterocycles. The molecule has 0 aliphatic carbocycles. The molecule has 0 aromatic heterocycles. The largest absolute Gasteiger partial charge is 0.379 e. The summed E-state index contributed by atoms with van der Waals surface area (Å²) in [5.41, 5.74) is 5.12. The highest BCUT2D eigenvalue weighted by atomic mass is 32.2. The Morgan fingerprint density at radius 2 is 1.91 bits per heavy atom. The summed E-state index contributed by atoms with van der Waals surface area (Å²) >= 11 is 1.43. The number of hydrogen-bond acceptors (Lipinski definition) is 2. The molecule has 3 N–H and O–H groups in total. The molecule has 0 atom stereocenters. The van der Waals surface area contributed by atoms with Crippen LogP contribution in [0.3, 0.4) is 0 Å². The van der Waals surface area contributed by atoms with Crippen molar-refractivity contribution in [3.63, 3.8) is 0 Å². The van der Waals surface area contributed by atoms with E-state index in [4.69, 9.17) is 11.1 Å². The van der Waals surface area contributed by atoms with Gasteiger partial charge in [-0.05, 0) is 6.42 Å². The van der Waals surface area contributed by atoms with Gasteiger partial charge in [0.2, 0.25) is 0 Å². The second-order valence-corrected chi connectivity index (χ2v) is 3.06. The monoisotopic (exact) mass is 176 g/mol. The van der Waals surface area contributed by atoms with Crippen molar-refractivity contribution in [2.75, 3.05) is 5.75 Å². The Balaban J connectivity index is 0. The molecule has 0 saturated heterocycles. The Morgan fingerprint density at radius 3 is 2.27 bits per heavy atom. The van der Waals surface area contributed by atoms with Crippen LogP contribution in [0.2, 0.25) is 0 Å². The zero-order valence-corrected chi connectivity index (χ0v) is 8.63. The normalized spacial score (nSPS) is 8.27. The number of nitrogens with one attached hydrogen (secondary N) is 1. The maximum absolute atomic E-state index is 6.87. The van der Waals surface area contributed by atoms with Gasteiger partial charge in [-0.3, -0.25) is 5.41 Å². The summed E-state index contributed by atoms with van der Waals surface area (Å²) in [6.07, 6.45) is 3.67. The van der Waals surface area contributed by atoms with Crippen LogP contribution in [-0.2, 0) is 0 Å². The summed E-state index contributed by atoms with van der Waals surface area (Å²) in [4.78, 5) is 0. The summed E-state index contributed by atoms with van der Waals surface area (Å²) in [6, 6.07) is 0. The van der Waals surface area contributed by atoms with E-state index in [0.29, 0.717) is 0 Å². The third-order valence-corrected chi connectivity index (χ3v) is 1.81. The standard InChI is InChI=1S/C6H14N2S.C2H6/c1-2-3-4-5-9-6(7)8;1-2/h2-5H2,1H3,(H3,7,8);1-2H3. The first-order valence-electron chi connectivity index (χ1n) is 4.24. The van der Waals surface area contributed by atoms with E-state index >= 15 is 0 Å². The Labute approximate surface area is 74.4 Å². The van der Waals surface area contributed by atoms with Gasteiger partial charge >= 0.3 is 0 Å². The average molecular weight is 176 g/mol. The van der Waals surface area contributed by atoms with Crippen molar-refractivity contribution in [1.29, 1.82) is 5.41 Å². The summed E-state index contributed by atoms with van der Waals surface area (Å²) in [5, 5.41) is 7.11. The van der Waals surface area contributed by atoms with Crippen LogP contribution in [0.5, 0.6) is 0 Å². The van der Waals surface area contributed by atoms with Gasteiger partial charge in [-0.1, -0.05) is 45.4 Å². The minimum absolute atomic E-state index is 0.242. The molecule has 0 aliphatic rings. The van der Waals surface area contributed by atoms with Gasteiger partial charge in [-0.25, -0.2) is 0 Å². The third-order valence-electron chi connectivity index (χ3n) is 1.01. The third kappa shape index (κ3) is 17.7. The predicted octanol–water partition coefficient (Wildman–Crippen LogP) is 2.83. The van der Waals surface area contributed by atoms with Gasteiger partial charge in [0.15, 0.2) is 5.17 Å². The maximum Gasteiger partial charge on any atom is 0.151 e. The summed E-state index contributed by atoms with van der Waals surface area (Å²) in [7, 11) is 0. The number of amidine groups is 1. The quantitative estimate of drug-likeness (QED) is 0.393. The first-order valence-corrected chi connectivity index (χ1v) is 5.22. The molecule has 0 bridgehead atoms. The van der Waals surface area contributed by atoms with Crippen molar-refractivity contribution in [3.05, 3.63) is 0 Å². The number of nitrogens with two attached hydrogens (primary N) is 1. The van der Waals surface area contributed by atoms with Crippen molar-refractivity contribution < 1.29 is 0 Å². The van der Waals surface area contributed by atoms with Crippen LogP contribution in [0.15, 0.2) is 0 Å². The minimum atomic E-state index is 0.242. The minimum Gasteiger partial charge on any atom is -0.379 e. The van der Waals surface area contributed by atoms with Crippen LogP contribution < -0.4 is 5.73 Å². The Hall–Kier alpha value is -0.180. The number of unbranched alkanes of at least 4 members (excludes halogenated alkanes) is 2. The lowest BCUT2D eigenvalue weighted by Crippen LogP contribution is -2.04. The molecule has 0 rings (SSSR count). The maximum atomic E-state index is 6.87. The highest BCUT2D eigenvalue weighted by Gasteiger charge is 1.88. The van der Waals surface area contributed by atoms with E-state index in [2.05, 4.69) is 6.92 Å². The molecule has 0 fully saturated rings. The highest BCUT2D eigenvalue weighted by molar-refractivity contribution is 8.13. The van der Waals surface area contributed by atoms with Crippen LogP contribution >= 0.6 is 11.8 Å². The van der Waals surface area contributed by atoms with Crippen LogP contribution in [0.25, 0.3) is 0 Å². The van der Waals surface area contributed by atoms with E-state index in [1.165, 1.54) is 31.0 Å². The van der Waals surface area contributed by atoms with Gasteiger partial charge in [0.25, 0.3) is 0 Å². The highest BCUT2D eigenvalue weighted by Crippen LogP contribution is 2.03. The number of hydrogen-bond donors (Lipinski definition) is 2. The van der Waals surface area contributed by atoms with E-state index in [0.717, 1.165) is 5.75 Å². The predicted molar refractivity (Wildman–Crippen MR) is 55.2 cm³/mol. The summed E-state index contributed by atoms with van der Waals surface area (Å²) in [5.74, 6) is 1.00. The van der Waals surface area contributed by atoms with E-state index in [-0.39, 0.29) is 5.17 Å². The second-order valence-electron chi connectivity index (χ2n) is 1.92. The molecule has 0 radical (unpaired) electrons. The molecule has 0 unspecified atom stereocenters. The fourth-order valence-corrected chi connectivity index (χ4v) is 1.10. The zero-order valence-electron chi connectivity index (χ0n) is 7.81. The Morgan fingerprint density at radius 1 is 1.36 bits per heavy atom. The lowest BCUT2D eigenvalue weighted by atomic mass is 10.3. The van der Waals surface area contributed by atoms with Crippen LogP contribution in [-0.4, -0.2) is 10.9 Å². The van der Waals surface area contributed by atoms with Crippen molar-refractivity contribution >= 4 is 16.9 Å². The SMILES string of the molecule is CC.CCCCCSC(=N)N. The molecule has 0 amide bonds. The molecule has 0 aromatic carbocycles. The molecule has 0 spiro atoms. The molecule has 68 valence electrons. The summed E-state index contributed by atoms with van der Waals surface area (Å²) in [6.45, 7) is 6.17. The first-order chi connectivity index (χ1) is 5.27. The van der Waals surface area contributed by atoms with Crippen LogP contribution in [0, 0.1) is 5.41 Å². The van der Waals surface area contributed by atoms with Gasteiger partial charge in [-0.2, -0.15) is 0 Å². The van der Waals surface area contributed by atoms with E-state index in [1.807, 2.05) is 13.8 Å². The zero-order chi connectivity index (χ0) is 9.11.